The molecule has 3 nitrogen and oxygen atoms in total. The number of carbonyl (C=O) groups excluding carboxylic acids is 1. The number of hydrogen-bond donors (Lipinski definition) is 1. The molecule has 0 spiro atoms. The maximum Gasteiger partial charge on any atom is 0.407 e. The number of thiophene rings is 1. The first-order valence-electron chi connectivity index (χ1n) is 9.12. The molecule has 1 N–H and O–H groups in total. The highest BCUT2D eigenvalue weighted by Gasteiger charge is 2.28. The first-order chi connectivity index (χ1) is 13.3. The van der Waals surface area contributed by atoms with Gasteiger partial charge in [0.15, 0.2) is 0 Å². The molecule has 1 aliphatic carbocycles. The summed E-state index contributed by atoms with van der Waals surface area (Å²) in [6.07, 6.45) is 4.56. The average molecular weight is 375 g/mol. The fraction of sp³-hybridized carbons (Fsp3) is 0.174. The molecule has 0 saturated heterocycles. The molecule has 1 amide bonds. The summed E-state index contributed by atoms with van der Waals surface area (Å²) < 4.78 is 5.52. The van der Waals surface area contributed by atoms with E-state index < -0.39 is 0 Å². The van der Waals surface area contributed by atoms with Gasteiger partial charge in [0.2, 0.25) is 0 Å². The fourth-order valence-electron chi connectivity index (χ4n) is 3.49. The van der Waals surface area contributed by atoms with Gasteiger partial charge in [0.1, 0.15) is 6.61 Å². The van der Waals surface area contributed by atoms with E-state index in [-0.39, 0.29) is 12.0 Å². The number of benzene rings is 2. The van der Waals surface area contributed by atoms with E-state index in [0.29, 0.717) is 13.2 Å². The van der Waals surface area contributed by atoms with Gasteiger partial charge in [0, 0.05) is 17.3 Å². The fourth-order valence-corrected chi connectivity index (χ4v) is 4.14. The van der Waals surface area contributed by atoms with E-state index in [1.54, 1.807) is 11.3 Å². The summed E-state index contributed by atoms with van der Waals surface area (Å²) in [5, 5.41) is 4.88. The van der Waals surface area contributed by atoms with Crippen LogP contribution in [-0.4, -0.2) is 19.2 Å². The number of carbonyl (C=O) groups is 1. The second-order valence-corrected chi connectivity index (χ2v) is 7.44. The van der Waals surface area contributed by atoms with Gasteiger partial charge in [-0.05, 0) is 46.2 Å². The van der Waals surface area contributed by atoms with E-state index in [4.69, 9.17) is 4.74 Å². The molecule has 0 atom stereocenters. The Morgan fingerprint density at radius 3 is 2.37 bits per heavy atom. The molecule has 0 saturated carbocycles. The van der Waals surface area contributed by atoms with Gasteiger partial charge in [-0.3, -0.25) is 0 Å². The van der Waals surface area contributed by atoms with Gasteiger partial charge >= 0.3 is 6.09 Å². The molecule has 4 heteroatoms. The van der Waals surface area contributed by atoms with E-state index in [9.17, 15) is 4.79 Å². The first-order valence-corrected chi connectivity index (χ1v) is 10.00. The van der Waals surface area contributed by atoms with Crippen LogP contribution in [0.25, 0.3) is 17.2 Å². The highest BCUT2D eigenvalue weighted by molar-refractivity contribution is 7.10. The minimum Gasteiger partial charge on any atom is -0.449 e. The van der Waals surface area contributed by atoms with Gasteiger partial charge in [-0.1, -0.05) is 60.7 Å². The lowest BCUT2D eigenvalue weighted by atomic mass is 9.98. The molecule has 0 bridgehead atoms. The van der Waals surface area contributed by atoms with E-state index >= 15 is 0 Å². The van der Waals surface area contributed by atoms with E-state index in [2.05, 4.69) is 65.3 Å². The van der Waals surface area contributed by atoms with Crippen molar-refractivity contribution in [2.45, 2.75) is 12.3 Å². The molecular weight excluding hydrogens is 354 g/mol. The van der Waals surface area contributed by atoms with Crippen LogP contribution in [0.3, 0.4) is 0 Å². The molecule has 136 valence electrons. The Bertz CT molecular complexity index is 901. The zero-order chi connectivity index (χ0) is 18.5. The Balaban J connectivity index is 1.30. The van der Waals surface area contributed by atoms with Crippen LogP contribution in [0.4, 0.5) is 4.79 Å². The summed E-state index contributed by atoms with van der Waals surface area (Å²) >= 11 is 1.70. The van der Waals surface area contributed by atoms with E-state index in [1.165, 1.54) is 27.1 Å². The van der Waals surface area contributed by atoms with Gasteiger partial charge in [-0.25, -0.2) is 4.79 Å². The molecule has 27 heavy (non-hydrogen) atoms. The molecule has 1 heterocycles. The maximum atomic E-state index is 12.1. The van der Waals surface area contributed by atoms with Gasteiger partial charge in [0.25, 0.3) is 0 Å². The number of fused-ring (bicyclic) bond motifs is 3. The highest BCUT2D eigenvalue weighted by atomic mass is 32.1. The molecule has 4 rings (SSSR count). The van der Waals surface area contributed by atoms with Crippen molar-refractivity contribution in [3.05, 3.63) is 88.1 Å². The monoisotopic (exact) mass is 375 g/mol. The number of nitrogens with one attached hydrogen (secondary N) is 1. The third-order valence-corrected chi connectivity index (χ3v) is 5.59. The van der Waals surface area contributed by atoms with Crippen molar-refractivity contribution in [1.82, 2.24) is 5.32 Å². The van der Waals surface area contributed by atoms with Crippen LogP contribution >= 0.6 is 11.3 Å². The Kier molecular flexibility index (Phi) is 5.35. The van der Waals surface area contributed by atoms with Gasteiger partial charge in [-0.15, -0.1) is 11.3 Å². The summed E-state index contributed by atoms with van der Waals surface area (Å²) in [5.41, 5.74) is 4.93. The second kappa shape index (κ2) is 8.23. The molecule has 0 fully saturated rings. The minimum absolute atomic E-state index is 0.0990. The van der Waals surface area contributed by atoms with Crippen LogP contribution in [0.5, 0.6) is 0 Å². The average Bonchev–Trinajstić information content (AvgIpc) is 3.32. The summed E-state index contributed by atoms with van der Waals surface area (Å²) in [6.45, 7) is 0.920. The van der Waals surface area contributed by atoms with Crippen molar-refractivity contribution in [1.29, 1.82) is 0 Å². The molecule has 0 unspecified atom stereocenters. The molecule has 2 aromatic carbocycles. The van der Waals surface area contributed by atoms with Crippen molar-refractivity contribution < 1.29 is 9.53 Å². The summed E-state index contributed by atoms with van der Waals surface area (Å²) in [4.78, 5) is 13.3. The first kappa shape index (κ1) is 17.6. The summed E-state index contributed by atoms with van der Waals surface area (Å²) in [5.74, 6) is 0.0990. The third-order valence-electron chi connectivity index (χ3n) is 4.75. The second-order valence-electron chi connectivity index (χ2n) is 6.46. The van der Waals surface area contributed by atoms with Crippen molar-refractivity contribution in [2.24, 2.45) is 0 Å². The van der Waals surface area contributed by atoms with Crippen molar-refractivity contribution in [3.63, 3.8) is 0 Å². The molecule has 0 aliphatic heterocycles. The number of ether oxygens (including phenoxy) is 1. The Morgan fingerprint density at radius 2 is 1.70 bits per heavy atom. The SMILES string of the molecule is O=C(NCCC=Cc1cccs1)OCC1c2ccccc2-c2ccccc21. The van der Waals surface area contributed by atoms with Gasteiger partial charge < -0.3 is 10.1 Å². The maximum absolute atomic E-state index is 12.1. The van der Waals surface area contributed by atoms with Gasteiger partial charge in [-0.2, -0.15) is 0 Å². The number of amides is 1. The Hall–Kier alpha value is -2.85. The van der Waals surface area contributed by atoms with Crippen LogP contribution in [0, 0.1) is 0 Å². The quantitative estimate of drug-likeness (QED) is 0.562. The summed E-state index contributed by atoms with van der Waals surface area (Å²) in [6, 6.07) is 20.8. The zero-order valence-electron chi connectivity index (χ0n) is 14.9. The minimum atomic E-state index is -0.360. The van der Waals surface area contributed by atoms with Crippen molar-refractivity contribution in [2.75, 3.05) is 13.2 Å². The third kappa shape index (κ3) is 3.96. The Labute approximate surface area is 163 Å². The lowest BCUT2D eigenvalue weighted by Crippen LogP contribution is -2.26. The standard InChI is InChI=1S/C23H21NO2S/c25-23(24-14-6-5-8-17-9-7-15-27-17)26-16-22-20-12-3-1-10-18(20)19-11-2-4-13-21(19)22/h1-5,7-13,15,22H,6,14,16H2,(H,24,25). The number of alkyl carbamates (subject to hydrolysis) is 1. The highest BCUT2D eigenvalue weighted by Crippen LogP contribution is 2.44. The lowest BCUT2D eigenvalue weighted by molar-refractivity contribution is 0.143. The molecular formula is C23H21NO2S. The zero-order valence-corrected chi connectivity index (χ0v) is 15.7. The molecule has 1 aromatic heterocycles. The van der Waals surface area contributed by atoms with E-state index in [1.807, 2.05) is 18.2 Å². The van der Waals surface area contributed by atoms with Gasteiger partial charge in [0.05, 0.1) is 0 Å². The van der Waals surface area contributed by atoms with Crippen molar-refractivity contribution in [3.8, 4) is 11.1 Å². The predicted molar refractivity (Wildman–Crippen MR) is 111 cm³/mol. The van der Waals surface area contributed by atoms with Crippen LogP contribution in [0.1, 0.15) is 28.3 Å². The molecule has 1 aliphatic rings. The smallest absolute Gasteiger partial charge is 0.407 e. The molecule has 3 aromatic rings. The normalized spacial score (nSPS) is 12.7. The van der Waals surface area contributed by atoms with Crippen molar-refractivity contribution >= 4 is 23.5 Å². The van der Waals surface area contributed by atoms with Crippen LogP contribution in [0.15, 0.2) is 72.1 Å². The topological polar surface area (TPSA) is 38.3 Å². The van der Waals surface area contributed by atoms with Crippen LogP contribution < -0.4 is 5.32 Å². The summed E-state index contributed by atoms with van der Waals surface area (Å²) in [7, 11) is 0. The van der Waals surface area contributed by atoms with Crippen LogP contribution in [-0.2, 0) is 4.74 Å². The Morgan fingerprint density at radius 1 is 1.00 bits per heavy atom. The lowest BCUT2D eigenvalue weighted by Gasteiger charge is -2.14. The van der Waals surface area contributed by atoms with Crippen LogP contribution in [0.2, 0.25) is 0 Å². The predicted octanol–water partition coefficient (Wildman–Crippen LogP) is 5.69. The molecule has 0 radical (unpaired) electrons. The van der Waals surface area contributed by atoms with E-state index in [0.717, 1.165) is 6.42 Å². The largest absolute Gasteiger partial charge is 0.449 e. The number of hydrogen-bond acceptors (Lipinski definition) is 3. The number of rotatable bonds is 6.